The van der Waals surface area contributed by atoms with Crippen molar-refractivity contribution < 1.29 is 18.7 Å². The molecule has 0 spiro atoms. The number of nitrogens with one attached hydrogen (secondary N) is 1. The van der Waals surface area contributed by atoms with Gasteiger partial charge in [0, 0.05) is 34.7 Å². The largest absolute Gasteiger partial charge is 0.469 e. The highest BCUT2D eigenvalue weighted by atomic mass is 19.1. The highest BCUT2D eigenvalue weighted by Gasteiger charge is 2.35. The second-order valence-electron chi connectivity index (χ2n) is 9.57. The summed E-state index contributed by atoms with van der Waals surface area (Å²) in [5.41, 5.74) is 5.66. The molecule has 4 aromatic rings. The van der Waals surface area contributed by atoms with Gasteiger partial charge < -0.3 is 14.0 Å². The predicted molar refractivity (Wildman–Crippen MR) is 128 cm³/mol. The van der Waals surface area contributed by atoms with E-state index < -0.39 is 0 Å². The zero-order valence-corrected chi connectivity index (χ0v) is 19.2. The molecule has 0 radical (unpaired) electrons. The first-order chi connectivity index (χ1) is 16.6. The van der Waals surface area contributed by atoms with Gasteiger partial charge in [-0.15, -0.1) is 0 Å². The normalized spacial score (nSPS) is 23.1. The molecule has 2 aromatic carbocycles. The quantitative estimate of drug-likeness (QED) is 0.402. The number of ether oxygens (including phenoxy) is 2. The number of benzene rings is 2. The molecule has 6 rings (SSSR count). The molecule has 2 fully saturated rings. The van der Waals surface area contributed by atoms with Crippen molar-refractivity contribution in [2.24, 2.45) is 5.92 Å². The maximum Gasteiger partial charge on any atom is 0.308 e. The molecule has 7 heteroatoms. The van der Waals surface area contributed by atoms with E-state index in [1.807, 2.05) is 18.3 Å². The van der Waals surface area contributed by atoms with Gasteiger partial charge in [-0.2, -0.15) is 5.10 Å². The number of aromatic amines is 1. The second kappa shape index (κ2) is 8.55. The number of carbonyl (C=O) groups is 1. The molecule has 2 aliphatic rings. The van der Waals surface area contributed by atoms with Crippen LogP contribution in [0.15, 0.2) is 42.6 Å². The standard InChI is InChI=1S/C27H28FN3O3/c1-33-27(32)17-4-2-16(3-5-17)25-22-13-23-19(14-29-30-23)12-24(22)31(21-8-6-20(28)7-9-21)26(25)18-10-11-34-15-18/h6-9,12-14,16-18H,2-5,10-11,15H2,1H3,(H,29,30). The van der Waals surface area contributed by atoms with Crippen LogP contribution >= 0.6 is 0 Å². The molecular weight excluding hydrogens is 433 g/mol. The van der Waals surface area contributed by atoms with Crippen molar-refractivity contribution in [1.29, 1.82) is 0 Å². The molecule has 34 heavy (non-hydrogen) atoms. The number of hydrogen-bond acceptors (Lipinski definition) is 4. The minimum Gasteiger partial charge on any atom is -0.469 e. The van der Waals surface area contributed by atoms with Crippen LogP contribution in [0.1, 0.15) is 55.2 Å². The predicted octanol–water partition coefficient (Wildman–Crippen LogP) is 5.60. The van der Waals surface area contributed by atoms with E-state index >= 15 is 0 Å². The molecule has 1 saturated heterocycles. The molecule has 2 aromatic heterocycles. The van der Waals surface area contributed by atoms with Gasteiger partial charge in [-0.05, 0) is 80.0 Å². The third kappa shape index (κ3) is 3.50. The van der Waals surface area contributed by atoms with Crippen LogP contribution in [0.25, 0.3) is 27.5 Å². The summed E-state index contributed by atoms with van der Waals surface area (Å²) in [6.45, 7) is 1.43. The molecule has 1 N–H and O–H groups in total. The lowest BCUT2D eigenvalue weighted by molar-refractivity contribution is -0.146. The minimum absolute atomic E-state index is 0.0238. The third-order valence-corrected chi connectivity index (χ3v) is 7.68. The van der Waals surface area contributed by atoms with Crippen LogP contribution in [0.2, 0.25) is 0 Å². The summed E-state index contributed by atoms with van der Waals surface area (Å²) >= 11 is 0. The van der Waals surface area contributed by atoms with Crippen LogP contribution in [-0.2, 0) is 14.3 Å². The molecule has 1 atom stereocenters. The molecule has 0 bridgehead atoms. The Kier molecular flexibility index (Phi) is 5.37. The van der Waals surface area contributed by atoms with E-state index in [1.54, 1.807) is 0 Å². The minimum atomic E-state index is -0.246. The number of halogens is 1. The molecule has 1 saturated carbocycles. The van der Waals surface area contributed by atoms with Gasteiger partial charge in [0.2, 0.25) is 0 Å². The highest BCUT2D eigenvalue weighted by molar-refractivity contribution is 5.99. The lowest BCUT2D eigenvalue weighted by Gasteiger charge is -2.29. The number of nitrogens with zero attached hydrogens (tertiary/aromatic N) is 2. The van der Waals surface area contributed by atoms with Crippen LogP contribution in [0.4, 0.5) is 4.39 Å². The van der Waals surface area contributed by atoms with Crippen molar-refractivity contribution in [3.05, 3.63) is 59.7 Å². The van der Waals surface area contributed by atoms with Gasteiger partial charge in [-0.3, -0.25) is 9.89 Å². The maximum absolute atomic E-state index is 13.8. The first-order valence-electron chi connectivity index (χ1n) is 12.1. The van der Waals surface area contributed by atoms with E-state index in [9.17, 15) is 9.18 Å². The second-order valence-corrected chi connectivity index (χ2v) is 9.57. The number of rotatable bonds is 4. The first-order valence-corrected chi connectivity index (χ1v) is 12.1. The Morgan fingerprint density at radius 1 is 1.12 bits per heavy atom. The van der Waals surface area contributed by atoms with Crippen LogP contribution < -0.4 is 0 Å². The van der Waals surface area contributed by atoms with Crippen molar-refractivity contribution in [3.8, 4) is 5.69 Å². The fourth-order valence-electron chi connectivity index (χ4n) is 6.00. The number of methoxy groups -OCH3 is 1. The first kappa shape index (κ1) is 21.4. The highest BCUT2D eigenvalue weighted by Crippen LogP contribution is 2.47. The Labute approximate surface area is 197 Å². The van der Waals surface area contributed by atoms with Crippen molar-refractivity contribution in [2.75, 3.05) is 20.3 Å². The van der Waals surface area contributed by atoms with Crippen molar-refractivity contribution >= 4 is 27.8 Å². The summed E-state index contributed by atoms with van der Waals surface area (Å²) < 4.78 is 27.0. The van der Waals surface area contributed by atoms with E-state index in [2.05, 4.69) is 26.9 Å². The average molecular weight is 462 g/mol. The molecule has 0 amide bonds. The lowest BCUT2D eigenvalue weighted by atomic mass is 9.76. The molecule has 1 aliphatic carbocycles. The van der Waals surface area contributed by atoms with Gasteiger partial charge in [0.1, 0.15) is 5.82 Å². The lowest BCUT2D eigenvalue weighted by Crippen LogP contribution is -2.23. The van der Waals surface area contributed by atoms with Gasteiger partial charge in [-0.1, -0.05) is 0 Å². The monoisotopic (exact) mass is 461 g/mol. The van der Waals surface area contributed by atoms with Crippen molar-refractivity contribution in [1.82, 2.24) is 14.8 Å². The number of carbonyl (C=O) groups excluding carboxylic acids is 1. The Morgan fingerprint density at radius 3 is 2.62 bits per heavy atom. The fraction of sp³-hybridized carbons (Fsp3) is 0.407. The SMILES string of the molecule is COC(=O)C1CCC(c2c(C3CCOC3)n(-c3ccc(F)cc3)c3cc4cn[nH]c4cc23)CC1. The number of H-pyrrole nitrogens is 1. The zero-order valence-electron chi connectivity index (χ0n) is 19.2. The van der Waals surface area contributed by atoms with Crippen LogP contribution in [0.3, 0.4) is 0 Å². The number of fused-ring (bicyclic) bond motifs is 2. The van der Waals surface area contributed by atoms with Gasteiger partial charge in [0.25, 0.3) is 0 Å². The van der Waals surface area contributed by atoms with Crippen LogP contribution in [-0.4, -0.2) is 41.1 Å². The third-order valence-electron chi connectivity index (χ3n) is 7.68. The van der Waals surface area contributed by atoms with Crippen LogP contribution in [0, 0.1) is 11.7 Å². The maximum atomic E-state index is 13.8. The van der Waals surface area contributed by atoms with Crippen LogP contribution in [0.5, 0.6) is 0 Å². The van der Waals surface area contributed by atoms with Gasteiger partial charge in [0.15, 0.2) is 0 Å². The summed E-state index contributed by atoms with van der Waals surface area (Å²) in [6, 6.07) is 11.1. The van der Waals surface area contributed by atoms with E-state index in [1.165, 1.54) is 35.9 Å². The van der Waals surface area contributed by atoms with E-state index in [0.717, 1.165) is 60.8 Å². The molecule has 176 valence electrons. The van der Waals surface area contributed by atoms with Crippen molar-refractivity contribution in [3.63, 3.8) is 0 Å². The summed E-state index contributed by atoms with van der Waals surface area (Å²) in [7, 11) is 1.47. The average Bonchev–Trinajstić information content (AvgIpc) is 3.61. The topological polar surface area (TPSA) is 69.1 Å². The Hall–Kier alpha value is -3.19. The van der Waals surface area contributed by atoms with Gasteiger partial charge in [-0.25, -0.2) is 4.39 Å². The van der Waals surface area contributed by atoms with Gasteiger partial charge >= 0.3 is 5.97 Å². The smallest absolute Gasteiger partial charge is 0.308 e. The molecular formula is C27H28FN3O3. The zero-order chi connectivity index (χ0) is 23.2. The molecule has 6 nitrogen and oxygen atoms in total. The fourth-order valence-corrected chi connectivity index (χ4v) is 6.00. The van der Waals surface area contributed by atoms with Gasteiger partial charge in [0.05, 0.1) is 36.9 Å². The molecule has 1 unspecified atom stereocenters. The van der Waals surface area contributed by atoms with E-state index in [-0.39, 0.29) is 23.6 Å². The van der Waals surface area contributed by atoms with Crippen molar-refractivity contribution in [2.45, 2.75) is 43.9 Å². The molecule has 3 heterocycles. The number of esters is 1. The Bertz CT molecular complexity index is 1340. The summed E-state index contributed by atoms with van der Waals surface area (Å²) in [5, 5.41) is 9.61. The summed E-state index contributed by atoms with van der Waals surface area (Å²) in [6.07, 6.45) is 6.33. The number of aromatic nitrogens is 3. The molecule has 1 aliphatic heterocycles. The van der Waals surface area contributed by atoms with E-state index in [4.69, 9.17) is 9.47 Å². The summed E-state index contributed by atoms with van der Waals surface area (Å²) in [4.78, 5) is 12.1. The Morgan fingerprint density at radius 2 is 1.91 bits per heavy atom. The number of hydrogen-bond donors (Lipinski definition) is 1. The summed E-state index contributed by atoms with van der Waals surface area (Å²) in [5.74, 6) is 0.230. The Balaban J connectivity index is 1.57. The van der Waals surface area contributed by atoms with E-state index in [0.29, 0.717) is 12.5 Å².